The highest BCUT2D eigenvalue weighted by Gasteiger charge is 2.15. The van der Waals surface area contributed by atoms with Crippen molar-refractivity contribution in [3.8, 4) is 0 Å². The largest absolute Gasteiger partial charge is 0.394 e. The van der Waals surface area contributed by atoms with Gasteiger partial charge in [0.05, 0.1) is 17.6 Å². The maximum Gasteiger partial charge on any atom is 0.166 e. The number of nitrogens with one attached hydrogen (secondary N) is 1. The normalized spacial score (nSPS) is 14.6. The third-order valence-corrected chi connectivity index (χ3v) is 4.32. The second-order valence-corrected chi connectivity index (χ2v) is 6.76. The SMILES string of the molecule is Cc1ccc2nc(SCCCCC(C)(N)CO)[nH]c2c1. The van der Waals surface area contributed by atoms with Gasteiger partial charge in [0, 0.05) is 11.3 Å². The first-order chi connectivity index (χ1) is 9.50. The van der Waals surface area contributed by atoms with E-state index >= 15 is 0 Å². The molecule has 1 aromatic carbocycles. The molecule has 0 spiro atoms. The molecule has 2 rings (SSSR count). The Balaban J connectivity index is 1.78. The lowest BCUT2D eigenvalue weighted by molar-refractivity contribution is 0.198. The molecule has 20 heavy (non-hydrogen) atoms. The van der Waals surface area contributed by atoms with Gasteiger partial charge in [-0.3, -0.25) is 0 Å². The molecular weight excluding hydrogens is 270 g/mol. The maximum atomic E-state index is 9.09. The van der Waals surface area contributed by atoms with Crippen molar-refractivity contribution in [2.45, 2.75) is 43.8 Å². The third kappa shape index (κ3) is 4.23. The van der Waals surface area contributed by atoms with Crippen LogP contribution >= 0.6 is 11.8 Å². The van der Waals surface area contributed by atoms with Crippen LogP contribution in [0, 0.1) is 6.92 Å². The Bertz CT molecular complexity index is 565. The average Bonchev–Trinajstić information content (AvgIpc) is 2.80. The lowest BCUT2D eigenvalue weighted by Crippen LogP contribution is -2.39. The lowest BCUT2D eigenvalue weighted by atomic mass is 9.98. The number of hydrogen-bond acceptors (Lipinski definition) is 4. The van der Waals surface area contributed by atoms with Gasteiger partial charge < -0.3 is 15.8 Å². The number of rotatable bonds is 7. The van der Waals surface area contributed by atoms with Crippen LogP contribution in [0.5, 0.6) is 0 Å². The summed E-state index contributed by atoms with van der Waals surface area (Å²) in [6.45, 7) is 4.02. The number of thioether (sulfide) groups is 1. The molecule has 1 atom stereocenters. The number of nitrogens with zero attached hydrogens (tertiary/aromatic N) is 1. The van der Waals surface area contributed by atoms with Crippen LogP contribution in [0.4, 0.5) is 0 Å². The van der Waals surface area contributed by atoms with Gasteiger partial charge in [0.15, 0.2) is 5.16 Å². The molecule has 1 unspecified atom stereocenters. The zero-order valence-electron chi connectivity index (χ0n) is 12.1. The Morgan fingerprint density at radius 3 is 2.95 bits per heavy atom. The Morgan fingerprint density at radius 2 is 2.20 bits per heavy atom. The van der Waals surface area contributed by atoms with E-state index in [-0.39, 0.29) is 6.61 Å². The minimum absolute atomic E-state index is 0.0447. The molecule has 2 aromatic rings. The van der Waals surface area contributed by atoms with Gasteiger partial charge >= 0.3 is 0 Å². The van der Waals surface area contributed by atoms with Crippen molar-refractivity contribution in [2.24, 2.45) is 5.73 Å². The molecule has 5 heteroatoms. The minimum atomic E-state index is -0.443. The molecule has 110 valence electrons. The molecule has 4 nitrogen and oxygen atoms in total. The van der Waals surface area contributed by atoms with Crippen LogP contribution in [-0.2, 0) is 0 Å². The molecule has 0 aliphatic rings. The number of nitrogens with two attached hydrogens (primary N) is 1. The van der Waals surface area contributed by atoms with E-state index in [1.165, 1.54) is 5.56 Å². The molecule has 0 fully saturated rings. The van der Waals surface area contributed by atoms with E-state index in [1.807, 2.05) is 13.0 Å². The smallest absolute Gasteiger partial charge is 0.166 e. The van der Waals surface area contributed by atoms with E-state index in [0.29, 0.717) is 0 Å². The highest BCUT2D eigenvalue weighted by atomic mass is 32.2. The first kappa shape index (κ1) is 15.4. The molecule has 1 aromatic heterocycles. The summed E-state index contributed by atoms with van der Waals surface area (Å²) in [4.78, 5) is 7.90. The van der Waals surface area contributed by atoms with Gasteiger partial charge in [-0.1, -0.05) is 24.2 Å². The lowest BCUT2D eigenvalue weighted by Gasteiger charge is -2.20. The van der Waals surface area contributed by atoms with E-state index in [2.05, 4.69) is 29.0 Å². The van der Waals surface area contributed by atoms with E-state index in [1.54, 1.807) is 11.8 Å². The molecule has 0 bridgehead atoms. The van der Waals surface area contributed by atoms with Gasteiger partial charge in [-0.25, -0.2) is 4.98 Å². The Hall–Kier alpha value is -1.04. The number of aliphatic hydroxyl groups excluding tert-OH is 1. The van der Waals surface area contributed by atoms with Gasteiger partial charge in [0.1, 0.15) is 0 Å². The third-order valence-electron chi connectivity index (χ3n) is 3.36. The summed E-state index contributed by atoms with van der Waals surface area (Å²) in [5.41, 5.74) is 8.82. The van der Waals surface area contributed by atoms with Crippen molar-refractivity contribution in [3.05, 3.63) is 23.8 Å². The van der Waals surface area contributed by atoms with Crippen LogP contribution in [0.3, 0.4) is 0 Å². The number of unbranched alkanes of at least 4 members (excludes halogenated alkanes) is 1. The molecule has 1 heterocycles. The summed E-state index contributed by atoms with van der Waals surface area (Å²) < 4.78 is 0. The van der Waals surface area contributed by atoms with Crippen molar-refractivity contribution in [1.29, 1.82) is 0 Å². The minimum Gasteiger partial charge on any atom is -0.394 e. The summed E-state index contributed by atoms with van der Waals surface area (Å²) >= 11 is 1.74. The average molecular weight is 293 g/mol. The van der Waals surface area contributed by atoms with Crippen LogP contribution < -0.4 is 5.73 Å². The van der Waals surface area contributed by atoms with Crippen LogP contribution in [0.25, 0.3) is 11.0 Å². The molecule has 0 saturated heterocycles. The quantitative estimate of drug-likeness (QED) is 0.542. The van der Waals surface area contributed by atoms with Gasteiger partial charge in [-0.15, -0.1) is 0 Å². The van der Waals surface area contributed by atoms with E-state index in [9.17, 15) is 0 Å². The topological polar surface area (TPSA) is 74.9 Å². The predicted molar refractivity (Wildman–Crippen MR) is 85.1 cm³/mol. The fraction of sp³-hybridized carbons (Fsp3) is 0.533. The molecular formula is C15H23N3OS. The highest BCUT2D eigenvalue weighted by Crippen LogP contribution is 2.22. The fourth-order valence-corrected chi connectivity index (χ4v) is 2.93. The molecule has 0 radical (unpaired) electrons. The van der Waals surface area contributed by atoms with Gasteiger partial charge in [-0.2, -0.15) is 0 Å². The van der Waals surface area contributed by atoms with Gasteiger partial charge in [0.2, 0.25) is 0 Å². The molecule has 0 amide bonds. The Kier molecular flexibility index (Phi) is 5.07. The molecule has 4 N–H and O–H groups in total. The zero-order chi connectivity index (χ0) is 14.6. The zero-order valence-corrected chi connectivity index (χ0v) is 13.0. The first-order valence-electron chi connectivity index (χ1n) is 6.99. The number of aromatic nitrogens is 2. The van der Waals surface area contributed by atoms with Crippen molar-refractivity contribution in [3.63, 3.8) is 0 Å². The van der Waals surface area contributed by atoms with Crippen LogP contribution in [-0.4, -0.2) is 33.0 Å². The summed E-state index contributed by atoms with van der Waals surface area (Å²) in [5.74, 6) is 1.01. The van der Waals surface area contributed by atoms with Gasteiger partial charge in [0.25, 0.3) is 0 Å². The predicted octanol–water partition coefficient (Wildman–Crippen LogP) is 2.84. The van der Waals surface area contributed by atoms with Crippen LogP contribution in [0.15, 0.2) is 23.4 Å². The summed E-state index contributed by atoms with van der Waals surface area (Å²) in [7, 11) is 0. The maximum absolute atomic E-state index is 9.09. The highest BCUT2D eigenvalue weighted by molar-refractivity contribution is 7.99. The van der Waals surface area contributed by atoms with Crippen molar-refractivity contribution in [2.75, 3.05) is 12.4 Å². The van der Waals surface area contributed by atoms with E-state index in [4.69, 9.17) is 10.8 Å². The fourth-order valence-electron chi connectivity index (χ4n) is 2.05. The number of hydrogen-bond donors (Lipinski definition) is 3. The molecule has 0 saturated carbocycles. The second-order valence-electron chi connectivity index (χ2n) is 5.68. The summed E-state index contributed by atoms with van der Waals surface area (Å²) in [6.07, 6.45) is 2.96. The van der Waals surface area contributed by atoms with E-state index < -0.39 is 5.54 Å². The number of fused-ring (bicyclic) bond motifs is 1. The van der Waals surface area contributed by atoms with E-state index in [0.717, 1.165) is 41.2 Å². The number of imidazole rings is 1. The number of aryl methyl sites for hydroxylation is 1. The number of H-pyrrole nitrogens is 1. The first-order valence-corrected chi connectivity index (χ1v) is 7.98. The summed E-state index contributed by atoms with van der Waals surface area (Å²) in [6, 6.07) is 6.24. The van der Waals surface area contributed by atoms with Crippen LogP contribution in [0.2, 0.25) is 0 Å². The Labute approximate surface area is 124 Å². The molecule has 0 aliphatic carbocycles. The van der Waals surface area contributed by atoms with Crippen molar-refractivity contribution < 1.29 is 5.11 Å². The monoisotopic (exact) mass is 293 g/mol. The van der Waals surface area contributed by atoms with Crippen molar-refractivity contribution in [1.82, 2.24) is 9.97 Å². The summed E-state index contributed by atoms with van der Waals surface area (Å²) in [5, 5.41) is 10.1. The molecule has 0 aliphatic heterocycles. The second kappa shape index (κ2) is 6.61. The number of aliphatic hydroxyl groups is 1. The van der Waals surface area contributed by atoms with Gasteiger partial charge in [-0.05, 0) is 44.4 Å². The van der Waals surface area contributed by atoms with Crippen LogP contribution in [0.1, 0.15) is 31.7 Å². The standard InChI is InChI=1S/C15H23N3OS/c1-11-5-6-12-13(9-11)18-14(17-12)20-8-4-3-7-15(2,16)10-19/h5-6,9,19H,3-4,7-8,10,16H2,1-2H3,(H,17,18). The Morgan fingerprint density at radius 1 is 1.40 bits per heavy atom. The number of aromatic amines is 1. The van der Waals surface area contributed by atoms with Crippen molar-refractivity contribution >= 4 is 22.8 Å². The number of benzene rings is 1.